The maximum Gasteiger partial charge on any atom is 0.244 e. The van der Waals surface area contributed by atoms with E-state index in [1.54, 1.807) is 36.4 Å². The summed E-state index contributed by atoms with van der Waals surface area (Å²) in [7, 11) is 0. The first-order valence-electron chi connectivity index (χ1n) is 9.66. The molecule has 5 atom stereocenters. The number of quaternary nitrogens is 1. The molecule has 3 aliphatic heterocycles. The van der Waals surface area contributed by atoms with Gasteiger partial charge in [0.15, 0.2) is 6.04 Å². The zero-order valence-electron chi connectivity index (χ0n) is 15.2. The van der Waals surface area contributed by atoms with Crippen LogP contribution < -0.4 is 9.80 Å². The number of fused-ring (bicyclic) bond motifs is 3. The van der Waals surface area contributed by atoms with Gasteiger partial charge in [-0.25, -0.2) is 4.90 Å². The summed E-state index contributed by atoms with van der Waals surface area (Å²) in [6.07, 6.45) is 1.85. The highest BCUT2D eigenvalue weighted by atomic mass is 35.5. The van der Waals surface area contributed by atoms with Gasteiger partial charge in [0.25, 0.3) is 0 Å². The van der Waals surface area contributed by atoms with Crippen molar-refractivity contribution in [2.45, 2.75) is 24.9 Å². The summed E-state index contributed by atoms with van der Waals surface area (Å²) in [6, 6.07) is 15.3. The van der Waals surface area contributed by atoms with Crippen molar-refractivity contribution in [3.05, 3.63) is 65.2 Å². The van der Waals surface area contributed by atoms with Gasteiger partial charge in [0.2, 0.25) is 17.6 Å². The van der Waals surface area contributed by atoms with Gasteiger partial charge in [-0.3, -0.25) is 14.4 Å². The van der Waals surface area contributed by atoms with Crippen molar-refractivity contribution >= 4 is 34.9 Å². The summed E-state index contributed by atoms with van der Waals surface area (Å²) in [6.45, 7) is 0.827. The zero-order valence-corrected chi connectivity index (χ0v) is 15.9. The van der Waals surface area contributed by atoms with Gasteiger partial charge in [0.05, 0.1) is 12.2 Å². The second-order valence-electron chi connectivity index (χ2n) is 7.82. The van der Waals surface area contributed by atoms with Crippen molar-refractivity contribution in [3.8, 4) is 0 Å². The second-order valence-corrected chi connectivity index (χ2v) is 8.26. The number of nitrogens with one attached hydrogen (secondary N) is 1. The number of carbonyl (C=O) groups excluding carboxylic acids is 3. The number of imide groups is 1. The number of halogens is 1. The van der Waals surface area contributed by atoms with E-state index in [2.05, 4.69) is 0 Å². The molecule has 0 spiro atoms. The average molecular weight is 396 g/mol. The number of benzene rings is 2. The predicted molar refractivity (Wildman–Crippen MR) is 104 cm³/mol. The molecule has 2 amide bonds. The molecule has 142 valence electrons. The van der Waals surface area contributed by atoms with Crippen molar-refractivity contribution in [3.63, 3.8) is 0 Å². The van der Waals surface area contributed by atoms with Crippen LogP contribution in [0, 0.1) is 11.8 Å². The number of ketones is 1. The lowest BCUT2D eigenvalue weighted by atomic mass is 9.85. The van der Waals surface area contributed by atoms with Crippen molar-refractivity contribution in [2.24, 2.45) is 11.8 Å². The van der Waals surface area contributed by atoms with E-state index in [-0.39, 0.29) is 23.6 Å². The fraction of sp³-hybridized carbons (Fsp3) is 0.318. The van der Waals surface area contributed by atoms with E-state index in [4.69, 9.17) is 11.6 Å². The number of rotatable bonds is 3. The number of anilines is 1. The first-order chi connectivity index (χ1) is 13.6. The Hall–Kier alpha value is -2.50. The summed E-state index contributed by atoms with van der Waals surface area (Å²) in [4.78, 5) is 42.4. The summed E-state index contributed by atoms with van der Waals surface area (Å²) in [5.41, 5.74) is 1.13. The molecule has 1 unspecified atom stereocenters. The van der Waals surface area contributed by atoms with E-state index in [1.165, 1.54) is 4.90 Å². The molecule has 0 aromatic heterocycles. The lowest BCUT2D eigenvalue weighted by Gasteiger charge is -2.25. The molecule has 2 aromatic carbocycles. The first kappa shape index (κ1) is 17.6. The number of nitrogens with zero attached hydrogens (tertiary/aromatic N) is 1. The Labute approximate surface area is 167 Å². The molecule has 6 heteroatoms. The van der Waals surface area contributed by atoms with Crippen LogP contribution in [0.15, 0.2) is 54.6 Å². The zero-order chi connectivity index (χ0) is 19.4. The van der Waals surface area contributed by atoms with E-state index >= 15 is 0 Å². The summed E-state index contributed by atoms with van der Waals surface area (Å²) in [5, 5.41) is 0.564. The number of carbonyl (C=O) groups is 3. The van der Waals surface area contributed by atoms with Crippen LogP contribution >= 0.6 is 11.6 Å². The lowest BCUT2D eigenvalue weighted by Crippen LogP contribution is -3.16. The van der Waals surface area contributed by atoms with Crippen LogP contribution in [-0.2, 0) is 9.59 Å². The van der Waals surface area contributed by atoms with Gasteiger partial charge in [-0.15, -0.1) is 0 Å². The van der Waals surface area contributed by atoms with Gasteiger partial charge < -0.3 is 4.90 Å². The molecule has 0 aliphatic carbocycles. The third-order valence-electron chi connectivity index (χ3n) is 6.47. The molecule has 0 bridgehead atoms. The van der Waals surface area contributed by atoms with Crippen LogP contribution in [0.2, 0.25) is 5.02 Å². The summed E-state index contributed by atoms with van der Waals surface area (Å²) >= 11 is 5.96. The van der Waals surface area contributed by atoms with Gasteiger partial charge in [0, 0.05) is 23.4 Å². The fourth-order valence-electron chi connectivity index (χ4n) is 5.37. The van der Waals surface area contributed by atoms with Crippen LogP contribution in [0.5, 0.6) is 0 Å². The molecule has 3 saturated heterocycles. The Morgan fingerprint density at radius 1 is 0.964 bits per heavy atom. The number of hydrogen-bond donors (Lipinski definition) is 1. The van der Waals surface area contributed by atoms with Crippen LogP contribution in [0.1, 0.15) is 23.2 Å². The van der Waals surface area contributed by atoms with Crippen molar-refractivity contribution < 1.29 is 19.3 Å². The Bertz CT molecular complexity index is 960. The lowest BCUT2D eigenvalue weighted by molar-refractivity contribution is -0.915. The van der Waals surface area contributed by atoms with Gasteiger partial charge in [-0.1, -0.05) is 29.8 Å². The van der Waals surface area contributed by atoms with Crippen molar-refractivity contribution in [2.75, 3.05) is 11.4 Å². The molecule has 5 nitrogen and oxygen atoms in total. The minimum atomic E-state index is -0.587. The molecule has 0 radical (unpaired) electrons. The summed E-state index contributed by atoms with van der Waals surface area (Å²) in [5.74, 6) is -1.46. The van der Waals surface area contributed by atoms with E-state index < -0.39 is 17.9 Å². The van der Waals surface area contributed by atoms with Crippen LogP contribution in [0.4, 0.5) is 5.69 Å². The molecule has 0 saturated carbocycles. The standard InChI is InChI=1S/C22H19ClN2O3/c23-14-10-8-13(9-11-14)20(26)19-18-17(16-7-4-12-24(16)19)21(27)25(22(18)28)15-5-2-1-3-6-15/h1-3,5-6,8-11,16-19H,4,7,12H2/p+1/t16-,17+,18+,19-/m0/s1. The first-order valence-corrected chi connectivity index (χ1v) is 10.0. The number of Topliss-reactive ketones (excluding diaryl/α,β-unsaturated/α-hetero) is 1. The fourth-order valence-corrected chi connectivity index (χ4v) is 5.49. The van der Waals surface area contributed by atoms with E-state index in [1.807, 2.05) is 18.2 Å². The van der Waals surface area contributed by atoms with Gasteiger partial charge >= 0.3 is 0 Å². The number of amides is 2. The molecular formula is C22H20ClN2O3+. The quantitative estimate of drug-likeness (QED) is 0.636. The number of hydrogen-bond acceptors (Lipinski definition) is 3. The minimum absolute atomic E-state index is 0.0383. The minimum Gasteiger partial charge on any atom is -0.322 e. The molecule has 3 aliphatic rings. The molecule has 1 N–H and O–H groups in total. The van der Waals surface area contributed by atoms with E-state index in [9.17, 15) is 14.4 Å². The Kier molecular flexibility index (Phi) is 4.11. The Morgan fingerprint density at radius 3 is 2.36 bits per heavy atom. The average Bonchev–Trinajstić information content (AvgIpc) is 3.35. The van der Waals surface area contributed by atoms with E-state index in [0.717, 1.165) is 24.3 Å². The monoisotopic (exact) mass is 395 g/mol. The SMILES string of the molecule is O=C(c1ccc(Cl)cc1)[C@@H]1[C@@H]2C(=O)N(c3ccccc3)C(=O)[C@@H]2[C@@H]2CCC[NH+]12. The topological polar surface area (TPSA) is 58.9 Å². The van der Waals surface area contributed by atoms with Crippen molar-refractivity contribution in [1.82, 2.24) is 0 Å². The third-order valence-corrected chi connectivity index (χ3v) is 6.72. The predicted octanol–water partition coefficient (Wildman–Crippen LogP) is 1.76. The highest BCUT2D eigenvalue weighted by Gasteiger charge is 2.68. The van der Waals surface area contributed by atoms with E-state index in [0.29, 0.717) is 16.3 Å². The highest BCUT2D eigenvalue weighted by Crippen LogP contribution is 2.40. The van der Waals surface area contributed by atoms with Crippen LogP contribution in [0.3, 0.4) is 0 Å². The molecule has 5 rings (SSSR count). The smallest absolute Gasteiger partial charge is 0.244 e. The maximum absolute atomic E-state index is 13.4. The Balaban J connectivity index is 1.55. The van der Waals surface area contributed by atoms with Gasteiger partial charge in [-0.05, 0) is 36.4 Å². The van der Waals surface area contributed by atoms with Crippen LogP contribution in [-0.4, -0.2) is 36.2 Å². The van der Waals surface area contributed by atoms with Crippen LogP contribution in [0.25, 0.3) is 0 Å². The third kappa shape index (κ3) is 2.46. The normalized spacial score (nSPS) is 31.2. The molecular weight excluding hydrogens is 376 g/mol. The molecule has 3 heterocycles. The Morgan fingerprint density at radius 2 is 1.64 bits per heavy atom. The van der Waals surface area contributed by atoms with Gasteiger partial charge in [-0.2, -0.15) is 0 Å². The molecule has 2 aromatic rings. The van der Waals surface area contributed by atoms with Gasteiger partial charge in [0.1, 0.15) is 17.9 Å². The van der Waals surface area contributed by atoms with Crippen molar-refractivity contribution in [1.29, 1.82) is 0 Å². The molecule has 3 fully saturated rings. The molecule has 28 heavy (non-hydrogen) atoms. The maximum atomic E-state index is 13.4. The summed E-state index contributed by atoms with van der Waals surface area (Å²) < 4.78 is 0. The second kappa shape index (κ2) is 6.54. The highest BCUT2D eigenvalue weighted by molar-refractivity contribution is 6.30. The largest absolute Gasteiger partial charge is 0.322 e. The number of para-hydroxylation sites is 1.